The molecule has 0 spiro atoms. The molecule has 3 aromatic rings. The summed E-state index contributed by atoms with van der Waals surface area (Å²) in [6.45, 7) is 3.54. The van der Waals surface area contributed by atoms with E-state index in [-0.39, 0.29) is 81.5 Å². The Labute approximate surface area is 326 Å². The van der Waals surface area contributed by atoms with Crippen molar-refractivity contribution in [3.8, 4) is 23.0 Å². The minimum absolute atomic E-state index is 0. The van der Waals surface area contributed by atoms with Crippen molar-refractivity contribution in [3.05, 3.63) is 70.2 Å². The Kier molecular flexibility index (Phi) is 14.6. The topological polar surface area (TPSA) is 153 Å². The molecule has 0 bridgehead atoms. The number of anilines is 2. The third-order valence-electron chi connectivity index (χ3n) is 7.95. The second kappa shape index (κ2) is 17.7. The number of nitrogens with zero attached hydrogens (tertiary/aromatic N) is 1. The van der Waals surface area contributed by atoms with Gasteiger partial charge in [-0.25, -0.2) is 0 Å². The molecule has 2 atom stereocenters. The van der Waals surface area contributed by atoms with Gasteiger partial charge in [-0.3, -0.25) is 14.4 Å². The van der Waals surface area contributed by atoms with Crippen LogP contribution in [0.15, 0.2) is 48.5 Å². The first kappa shape index (κ1) is 40.4. The molecular weight excluding hydrogens is 871 g/mol. The van der Waals surface area contributed by atoms with Gasteiger partial charge in [-0.1, -0.05) is 37.6 Å². The van der Waals surface area contributed by atoms with E-state index >= 15 is 0 Å². The number of ether oxygens (including phenoxy) is 5. The predicted molar refractivity (Wildman–Crippen MR) is 180 cm³/mol. The molecule has 261 valence electrons. The molecule has 2 amide bonds. The van der Waals surface area contributed by atoms with Gasteiger partial charge < -0.3 is 44.1 Å². The molecule has 4 rings (SSSR count). The van der Waals surface area contributed by atoms with Crippen molar-refractivity contribution < 1.29 is 92.3 Å². The summed E-state index contributed by atoms with van der Waals surface area (Å²) in [7, 11) is 5.85. The summed E-state index contributed by atoms with van der Waals surface area (Å²) >= 11 is 6.50. The zero-order chi connectivity index (χ0) is 35.2. The average molecular weight is 912 g/mol. The smallest absolute Gasteiger partial charge is 0.303 e. The molecule has 0 saturated heterocycles. The summed E-state index contributed by atoms with van der Waals surface area (Å²) in [5.41, 5.74) is 1.72. The molecule has 14 heteroatoms. The van der Waals surface area contributed by atoms with Crippen LogP contribution in [0.3, 0.4) is 0 Å². The van der Waals surface area contributed by atoms with E-state index in [4.69, 9.17) is 35.3 Å². The fraction of sp³-hybridized carbons (Fsp3) is 0.400. The number of nitrogens with one attached hydrogen (secondary N) is 1. The van der Waals surface area contributed by atoms with Crippen LogP contribution in [0.4, 0.5) is 11.4 Å². The van der Waals surface area contributed by atoms with Crippen LogP contribution in [0.1, 0.15) is 49.5 Å². The number of hydrogen-bond acceptors (Lipinski definition) is 9. The molecule has 1 aliphatic heterocycles. The maximum atomic E-state index is 14.4. The van der Waals surface area contributed by atoms with Gasteiger partial charge in [0.2, 0.25) is 5.91 Å². The molecule has 0 aliphatic carbocycles. The maximum Gasteiger partial charge on any atom is 0.303 e. The number of aryl methyl sites for hydroxylation is 1. The largest absolute Gasteiger partial charge is 0.493 e. The molecular formula is C35H41AcClN2O10. The summed E-state index contributed by atoms with van der Waals surface area (Å²) in [6, 6.07) is 13.6. The van der Waals surface area contributed by atoms with Gasteiger partial charge in [0.05, 0.1) is 40.5 Å². The standard InChI is InChI=1S/C35H41ClN2O10.Ac/c1-35(2,19-39)18-38-25-12-11-21(36)16-23(25)31(22-8-7-9-26(44-3)32(22)46-5)48-28(34(38)43)17-29(40)37-24-14-20(10-13-30(41)42)15-27(45-4)33(24)47-6;/h7-9,11-12,14-16,28,31,39H,10,13,17-19H2,1-6H3,(H,37,40)(H,41,42);/t28-,31-;/m1./s1. The summed E-state index contributed by atoms with van der Waals surface area (Å²) < 4.78 is 28.8. The van der Waals surface area contributed by atoms with E-state index in [0.717, 1.165) is 0 Å². The molecule has 3 N–H and O–H groups in total. The first-order chi connectivity index (χ1) is 22.9. The number of benzene rings is 3. The van der Waals surface area contributed by atoms with Gasteiger partial charge in [-0.05, 0) is 48.4 Å². The molecule has 0 aromatic heterocycles. The molecule has 3 aromatic carbocycles. The van der Waals surface area contributed by atoms with Gasteiger partial charge in [0.25, 0.3) is 5.91 Å². The van der Waals surface area contributed by atoms with Crippen molar-refractivity contribution in [2.45, 2.75) is 45.3 Å². The fourth-order valence-electron chi connectivity index (χ4n) is 5.58. The van der Waals surface area contributed by atoms with E-state index in [1.165, 1.54) is 33.3 Å². The van der Waals surface area contributed by atoms with Crippen LogP contribution in [-0.2, 0) is 25.5 Å². The van der Waals surface area contributed by atoms with E-state index < -0.39 is 41.8 Å². The number of carboxylic acid groups (broad SMARTS) is 1. The van der Waals surface area contributed by atoms with Crippen molar-refractivity contribution in [3.63, 3.8) is 0 Å². The Bertz CT molecular complexity index is 1670. The van der Waals surface area contributed by atoms with Gasteiger partial charge in [-0.2, -0.15) is 0 Å². The summed E-state index contributed by atoms with van der Waals surface area (Å²) in [5, 5.41) is 22.5. The summed E-state index contributed by atoms with van der Waals surface area (Å²) in [6.07, 6.45) is -2.60. The van der Waals surface area contributed by atoms with Crippen molar-refractivity contribution in [1.29, 1.82) is 0 Å². The van der Waals surface area contributed by atoms with Gasteiger partial charge in [0, 0.05) is 90.9 Å². The Morgan fingerprint density at radius 2 is 1.65 bits per heavy atom. The number of carbonyl (C=O) groups excluding carboxylic acids is 2. The van der Waals surface area contributed by atoms with Gasteiger partial charge in [0.1, 0.15) is 12.2 Å². The maximum absolute atomic E-state index is 14.4. The minimum Gasteiger partial charge on any atom is -0.493 e. The first-order valence-corrected chi connectivity index (χ1v) is 15.6. The first-order valence-electron chi connectivity index (χ1n) is 15.2. The summed E-state index contributed by atoms with van der Waals surface area (Å²) in [5.74, 6) is -0.708. The van der Waals surface area contributed by atoms with E-state index in [9.17, 15) is 24.6 Å². The molecule has 12 nitrogen and oxygen atoms in total. The fourth-order valence-corrected chi connectivity index (χ4v) is 5.77. The van der Waals surface area contributed by atoms with Crippen LogP contribution in [0.2, 0.25) is 5.02 Å². The summed E-state index contributed by atoms with van der Waals surface area (Å²) in [4.78, 5) is 40.9. The number of halogens is 1. The Hall–Kier alpha value is -3.08. The Balaban J connectivity index is 0.00000650. The van der Waals surface area contributed by atoms with Crippen molar-refractivity contribution in [2.24, 2.45) is 5.41 Å². The number of carbonyl (C=O) groups is 3. The second-order valence-corrected chi connectivity index (χ2v) is 12.5. The van der Waals surface area contributed by atoms with Crippen LogP contribution < -0.4 is 29.2 Å². The average Bonchev–Trinajstić information content (AvgIpc) is 3.16. The number of fused-ring (bicyclic) bond motifs is 1. The third kappa shape index (κ3) is 9.58. The van der Waals surface area contributed by atoms with Gasteiger partial charge in [0.15, 0.2) is 23.0 Å². The number of carboxylic acids is 1. The zero-order valence-electron chi connectivity index (χ0n) is 28.4. The monoisotopic (exact) mass is 911 g/mol. The van der Waals surface area contributed by atoms with Gasteiger partial charge >= 0.3 is 5.97 Å². The van der Waals surface area contributed by atoms with E-state index in [2.05, 4.69) is 5.32 Å². The van der Waals surface area contributed by atoms with Gasteiger partial charge in [-0.15, -0.1) is 0 Å². The number of methoxy groups -OCH3 is 4. The second-order valence-electron chi connectivity index (χ2n) is 12.1. The van der Waals surface area contributed by atoms with E-state index in [1.54, 1.807) is 48.5 Å². The molecule has 0 saturated carbocycles. The number of aliphatic hydroxyl groups excluding tert-OH is 1. The van der Waals surface area contributed by atoms with Crippen LogP contribution in [0.25, 0.3) is 0 Å². The number of aliphatic carboxylic acids is 1. The number of rotatable bonds is 14. The zero-order valence-corrected chi connectivity index (χ0v) is 33.9. The quantitative estimate of drug-likeness (QED) is 0.195. The minimum atomic E-state index is -1.31. The molecule has 49 heavy (non-hydrogen) atoms. The normalized spacial score (nSPS) is 15.8. The number of para-hydroxylation sites is 1. The van der Waals surface area contributed by atoms with Crippen molar-refractivity contribution in [1.82, 2.24) is 0 Å². The number of amides is 2. The molecule has 0 fully saturated rings. The molecule has 1 aliphatic rings. The van der Waals surface area contributed by atoms with Crippen LogP contribution in [-0.4, -0.2) is 75.7 Å². The Morgan fingerprint density at radius 3 is 2.27 bits per heavy atom. The van der Waals surface area contributed by atoms with Crippen LogP contribution >= 0.6 is 11.6 Å². The van der Waals surface area contributed by atoms with E-state index in [0.29, 0.717) is 44.6 Å². The third-order valence-corrected chi connectivity index (χ3v) is 8.18. The van der Waals surface area contributed by atoms with Crippen LogP contribution in [0.5, 0.6) is 23.0 Å². The van der Waals surface area contributed by atoms with Crippen molar-refractivity contribution >= 4 is 40.8 Å². The van der Waals surface area contributed by atoms with E-state index in [1.807, 2.05) is 13.8 Å². The number of aliphatic hydroxyl groups is 1. The molecule has 1 heterocycles. The predicted octanol–water partition coefficient (Wildman–Crippen LogP) is 5.26. The van der Waals surface area contributed by atoms with Crippen molar-refractivity contribution in [2.75, 3.05) is 51.8 Å². The molecule has 0 unspecified atom stereocenters. The van der Waals surface area contributed by atoms with Crippen LogP contribution in [0, 0.1) is 49.5 Å². The number of hydrogen-bond donors (Lipinski definition) is 3. The Morgan fingerprint density at radius 1 is 0.959 bits per heavy atom. The molecule has 1 radical (unpaired) electrons. The SMILES string of the molecule is COc1cc(CCC(=O)O)cc(NC(=O)C[C@H]2O[C@H](c3cccc(OC)c3OC)c3cc(Cl)ccc3N(CC(C)(C)CO)C2=O)c1OC.[Ac].